The molecule has 1 aliphatic heterocycles. The lowest BCUT2D eigenvalue weighted by molar-refractivity contribution is -0.385. The average Bonchev–Trinajstić information content (AvgIpc) is 3.00. The molecule has 0 saturated carbocycles. The predicted octanol–water partition coefficient (Wildman–Crippen LogP) is 1.22. The standard InChI is InChI=1S/C19H14N4O10/c1-32-13-5-3-9(22(28)29)7-11(13)20-17(25)15-16(24)19(27)21(18(15)26)12-8-10(23(30)31)4-6-14(12)33-2/h3-8,15H,1-2H3,(H,20,25). The van der Waals surface area contributed by atoms with Crippen LogP contribution in [0.4, 0.5) is 22.7 Å². The number of nitrogens with one attached hydrogen (secondary N) is 1. The smallest absolute Gasteiger partial charge is 0.302 e. The fourth-order valence-corrected chi connectivity index (χ4v) is 3.11. The molecule has 1 N–H and O–H groups in total. The summed E-state index contributed by atoms with van der Waals surface area (Å²) >= 11 is 0. The number of anilines is 2. The zero-order valence-electron chi connectivity index (χ0n) is 17.0. The summed E-state index contributed by atoms with van der Waals surface area (Å²) in [5.74, 6) is -7.58. The van der Waals surface area contributed by atoms with Crippen LogP contribution in [0.2, 0.25) is 0 Å². The molecule has 1 aliphatic rings. The second-order valence-electron chi connectivity index (χ2n) is 6.52. The number of carbonyl (C=O) groups is 4. The number of carbonyl (C=O) groups excluding carboxylic acids is 4. The molecule has 0 bridgehead atoms. The second-order valence-corrected chi connectivity index (χ2v) is 6.52. The molecule has 1 saturated heterocycles. The topological polar surface area (TPSA) is 188 Å². The Balaban J connectivity index is 1.98. The van der Waals surface area contributed by atoms with Crippen LogP contribution >= 0.6 is 0 Å². The Kier molecular flexibility index (Phi) is 6.01. The van der Waals surface area contributed by atoms with E-state index in [0.29, 0.717) is 4.90 Å². The molecular weight excluding hydrogens is 444 g/mol. The number of nitrogens with zero attached hydrogens (tertiary/aromatic N) is 3. The highest BCUT2D eigenvalue weighted by Crippen LogP contribution is 2.36. The minimum atomic E-state index is -2.13. The Bertz CT molecular complexity index is 1230. The highest BCUT2D eigenvalue weighted by Gasteiger charge is 2.52. The van der Waals surface area contributed by atoms with Gasteiger partial charge in [0.2, 0.25) is 11.7 Å². The highest BCUT2D eigenvalue weighted by atomic mass is 16.6. The largest absolute Gasteiger partial charge is 0.495 e. The summed E-state index contributed by atoms with van der Waals surface area (Å²) < 4.78 is 10.0. The molecule has 33 heavy (non-hydrogen) atoms. The summed E-state index contributed by atoms with van der Waals surface area (Å²) in [6, 6.07) is 6.29. The zero-order valence-corrected chi connectivity index (χ0v) is 17.0. The number of ketones is 1. The van der Waals surface area contributed by atoms with Crippen LogP contribution in [0, 0.1) is 26.1 Å². The quantitative estimate of drug-likeness (QED) is 0.208. The molecule has 1 atom stereocenters. The van der Waals surface area contributed by atoms with Crippen molar-refractivity contribution in [3.8, 4) is 11.5 Å². The van der Waals surface area contributed by atoms with Crippen molar-refractivity contribution in [1.29, 1.82) is 0 Å². The molecule has 0 aliphatic carbocycles. The van der Waals surface area contributed by atoms with Crippen LogP contribution < -0.4 is 19.7 Å². The average molecular weight is 458 g/mol. The lowest BCUT2D eigenvalue weighted by Gasteiger charge is -2.17. The van der Waals surface area contributed by atoms with Gasteiger partial charge in [-0.25, -0.2) is 4.90 Å². The van der Waals surface area contributed by atoms with E-state index in [-0.39, 0.29) is 17.2 Å². The molecule has 170 valence electrons. The number of methoxy groups -OCH3 is 2. The van der Waals surface area contributed by atoms with Gasteiger partial charge in [-0.15, -0.1) is 0 Å². The van der Waals surface area contributed by atoms with Crippen LogP contribution in [0.5, 0.6) is 11.5 Å². The number of hydrogen-bond donors (Lipinski definition) is 1. The van der Waals surface area contributed by atoms with Gasteiger partial charge in [0.25, 0.3) is 17.3 Å². The van der Waals surface area contributed by atoms with Crippen molar-refractivity contribution in [2.24, 2.45) is 5.92 Å². The third-order valence-electron chi connectivity index (χ3n) is 4.67. The molecule has 0 radical (unpaired) electrons. The van der Waals surface area contributed by atoms with E-state index in [0.717, 1.165) is 30.3 Å². The van der Waals surface area contributed by atoms with E-state index < -0.39 is 56.3 Å². The van der Waals surface area contributed by atoms with Crippen LogP contribution in [0.25, 0.3) is 0 Å². The maximum Gasteiger partial charge on any atom is 0.302 e. The fourth-order valence-electron chi connectivity index (χ4n) is 3.11. The van der Waals surface area contributed by atoms with Crippen LogP contribution in [0.1, 0.15) is 0 Å². The minimum absolute atomic E-state index is 0.00428. The van der Waals surface area contributed by atoms with E-state index in [4.69, 9.17) is 9.47 Å². The number of benzene rings is 2. The first-order chi connectivity index (χ1) is 15.6. The van der Waals surface area contributed by atoms with E-state index in [1.54, 1.807) is 0 Å². The van der Waals surface area contributed by atoms with Crippen molar-refractivity contribution in [1.82, 2.24) is 0 Å². The van der Waals surface area contributed by atoms with Gasteiger partial charge in [-0.05, 0) is 12.1 Å². The molecule has 14 heteroatoms. The van der Waals surface area contributed by atoms with Crippen LogP contribution in [0.15, 0.2) is 36.4 Å². The monoisotopic (exact) mass is 458 g/mol. The SMILES string of the molecule is COc1ccc([N+](=O)[O-])cc1NC(=O)C1C(=O)C(=O)N(c2cc([N+](=O)[O-])ccc2OC)C1=O. The number of hydrogen-bond acceptors (Lipinski definition) is 10. The molecule has 2 aromatic carbocycles. The van der Waals surface area contributed by atoms with Crippen molar-refractivity contribution < 1.29 is 38.5 Å². The first kappa shape index (κ1) is 22.8. The fraction of sp³-hybridized carbons (Fsp3) is 0.158. The van der Waals surface area contributed by atoms with Gasteiger partial charge in [0.1, 0.15) is 17.2 Å². The third kappa shape index (κ3) is 4.04. The van der Waals surface area contributed by atoms with Crippen molar-refractivity contribution in [3.63, 3.8) is 0 Å². The van der Waals surface area contributed by atoms with Crippen molar-refractivity contribution in [2.75, 3.05) is 24.4 Å². The summed E-state index contributed by atoms with van der Waals surface area (Å²) in [7, 11) is 2.40. The van der Waals surface area contributed by atoms with Crippen molar-refractivity contribution >= 4 is 46.3 Å². The van der Waals surface area contributed by atoms with Gasteiger partial charge in [0, 0.05) is 24.3 Å². The van der Waals surface area contributed by atoms with Gasteiger partial charge < -0.3 is 14.8 Å². The molecular formula is C19H14N4O10. The normalized spacial score (nSPS) is 15.4. The summed E-state index contributed by atoms with van der Waals surface area (Å²) in [6.07, 6.45) is 0. The first-order valence-electron chi connectivity index (χ1n) is 8.98. The summed E-state index contributed by atoms with van der Waals surface area (Å²) in [6.45, 7) is 0. The molecule has 1 unspecified atom stereocenters. The van der Waals surface area contributed by atoms with Gasteiger partial charge >= 0.3 is 5.91 Å². The summed E-state index contributed by atoms with van der Waals surface area (Å²) in [5.41, 5.74) is -1.50. The Hall–Kier alpha value is -4.88. The lowest BCUT2D eigenvalue weighted by atomic mass is 10.1. The molecule has 1 fully saturated rings. The van der Waals surface area contributed by atoms with E-state index in [1.807, 2.05) is 0 Å². The molecule has 2 aromatic rings. The Morgan fingerprint density at radius 3 is 2.03 bits per heavy atom. The van der Waals surface area contributed by atoms with Crippen LogP contribution in [-0.4, -0.2) is 47.6 Å². The maximum atomic E-state index is 12.9. The van der Waals surface area contributed by atoms with E-state index >= 15 is 0 Å². The number of nitro groups is 2. The number of imide groups is 1. The molecule has 0 spiro atoms. The van der Waals surface area contributed by atoms with Gasteiger partial charge in [0.15, 0.2) is 5.92 Å². The Morgan fingerprint density at radius 2 is 1.48 bits per heavy atom. The summed E-state index contributed by atoms with van der Waals surface area (Å²) in [4.78, 5) is 71.6. The van der Waals surface area contributed by atoms with Gasteiger partial charge in [-0.1, -0.05) is 0 Å². The third-order valence-corrected chi connectivity index (χ3v) is 4.67. The van der Waals surface area contributed by atoms with Gasteiger partial charge in [-0.2, -0.15) is 0 Å². The van der Waals surface area contributed by atoms with E-state index in [9.17, 15) is 39.4 Å². The van der Waals surface area contributed by atoms with Crippen LogP contribution in [-0.2, 0) is 19.2 Å². The van der Waals surface area contributed by atoms with Crippen molar-refractivity contribution in [3.05, 3.63) is 56.6 Å². The second kappa shape index (κ2) is 8.70. The highest BCUT2D eigenvalue weighted by molar-refractivity contribution is 6.60. The number of non-ortho nitro benzene ring substituents is 2. The van der Waals surface area contributed by atoms with Gasteiger partial charge in [-0.3, -0.25) is 39.4 Å². The van der Waals surface area contributed by atoms with Crippen molar-refractivity contribution in [2.45, 2.75) is 0 Å². The lowest BCUT2D eigenvalue weighted by Crippen LogP contribution is -2.35. The summed E-state index contributed by atoms with van der Waals surface area (Å²) in [5, 5.41) is 24.3. The Morgan fingerprint density at radius 1 is 0.939 bits per heavy atom. The maximum absolute atomic E-state index is 12.9. The Labute approximate surface area is 184 Å². The molecule has 3 amide bonds. The number of ether oxygens (including phenoxy) is 2. The zero-order chi connectivity index (χ0) is 24.4. The number of rotatable bonds is 7. The van der Waals surface area contributed by atoms with E-state index in [1.165, 1.54) is 20.3 Å². The minimum Gasteiger partial charge on any atom is -0.495 e. The number of nitro benzene ring substituents is 2. The molecule has 14 nitrogen and oxygen atoms in total. The predicted molar refractivity (Wildman–Crippen MR) is 109 cm³/mol. The molecule has 0 aromatic heterocycles. The van der Waals surface area contributed by atoms with E-state index in [2.05, 4.69) is 5.32 Å². The number of Topliss-reactive ketones (excluding diaryl/α,β-unsaturated/α-hetero) is 1. The number of amides is 3. The first-order valence-corrected chi connectivity index (χ1v) is 8.98. The molecule has 1 heterocycles. The molecule has 3 rings (SSSR count). The van der Waals surface area contributed by atoms with Gasteiger partial charge in [0.05, 0.1) is 29.8 Å². The van der Waals surface area contributed by atoms with Crippen LogP contribution in [0.3, 0.4) is 0 Å².